The molecule has 2 heterocycles. The molecule has 3 rings (SSSR count). The average Bonchev–Trinajstić information content (AvgIpc) is 2.66. The van der Waals surface area contributed by atoms with E-state index >= 15 is 0 Å². The number of carbonyl (C=O) groups excluding carboxylic acids is 1. The maximum absolute atomic E-state index is 12.6. The van der Waals surface area contributed by atoms with Crippen LogP contribution >= 0.6 is 0 Å². The second-order valence-corrected chi connectivity index (χ2v) is 6.03. The summed E-state index contributed by atoms with van der Waals surface area (Å²) in [6.07, 6.45) is -0.987. The number of nitrogens with one attached hydrogen (secondary N) is 1. The predicted octanol–water partition coefficient (Wildman–Crippen LogP) is 3.13. The van der Waals surface area contributed by atoms with Crippen LogP contribution in [-0.2, 0) is 12.7 Å². The van der Waals surface area contributed by atoms with Crippen LogP contribution in [0.25, 0.3) is 0 Å². The van der Waals surface area contributed by atoms with E-state index < -0.39 is 11.7 Å². The molecule has 0 spiro atoms. The number of nitrogens with zero attached hydrogens (tertiary/aromatic N) is 3. The number of carbonyl (C=O) groups is 1. The van der Waals surface area contributed by atoms with Gasteiger partial charge in [0.1, 0.15) is 0 Å². The summed E-state index contributed by atoms with van der Waals surface area (Å²) in [6, 6.07) is 8.65. The first-order chi connectivity index (χ1) is 12.4. The van der Waals surface area contributed by atoms with E-state index in [1.165, 1.54) is 12.1 Å². The Kier molecular flexibility index (Phi) is 5.29. The van der Waals surface area contributed by atoms with Crippen LogP contribution in [0.3, 0.4) is 0 Å². The van der Waals surface area contributed by atoms with Gasteiger partial charge in [-0.15, -0.1) is 0 Å². The first-order valence-electron chi connectivity index (χ1n) is 8.27. The number of anilines is 1. The van der Waals surface area contributed by atoms with E-state index in [0.29, 0.717) is 32.7 Å². The average molecular weight is 364 g/mol. The Morgan fingerprint density at radius 3 is 2.19 bits per heavy atom. The fraction of sp³-hybridized carbons (Fsp3) is 0.333. The van der Waals surface area contributed by atoms with E-state index in [2.05, 4.69) is 10.3 Å². The Labute approximate surface area is 149 Å². The van der Waals surface area contributed by atoms with Crippen molar-refractivity contribution in [3.63, 3.8) is 0 Å². The van der Waals surface area contributed by atoms with Gasteiger partial charge in [0.2, 0.25) is 0 Å². The third-order valence-electron chi connectivity index (χ3n) is 4.32. The summed E-state index contributed by atoms with van der Waals surface area (Å²) < 4.78 is 37.9. The van der Waals surface area contributed by atoms with Gasteiger partial charge >= 0.3 is 12.2 Å². The second-order valence-electron chi connectivity index (χ2n) is 6.03. The van der Waals surface area contributed by atoms with Crippen LogP contribution in [0.1, 0.15) is 11.1 Å². The minimum absolute atomic E-state index is 0.145. The third-order valence-corrected chi connectivity index (χ3v) is 4.32. The highest BCUT2D eigenvalue weighted by atomic mass is 19.4. The summed E-state index contributed by atoms with van der Waals surface area (Å²) in [6.45, 7) is 2.62. The third kappa shape index (κ3) is 4.44. The molecular weight excluding hydrogens is 345 g/mol. The van der Waals surface area contributed by atoms with Gasteiger partial charge in [-0.05, 0) is 42.0 Å². The number of halogens is 3. The van der Waals surface area contributed by atoms with Crippen molar-refractivity contribution in [3.05, 3.63) is 59.9 Å². The maximum Gasteiger partial charge on any atom is 0.416 e. The SMILES string of the molecule is O=C(NCc1ccncc1)N1CCN(c2ccc(C(F)(F)F)cc2)CC1. The minimum atomic E-state index is -4.33. The Morgan fingerprint density at radius 2 is 1.62 bits per heavy atom. The number of hydrogen-bond donors (Lipinski definition) is 1. The van der Waals surface area contributed by atoms with Gasteiger partial charge in [0.25, 0.3) is 0 Å². The summed E-state index contributed by atoms with van der Waals surface area (Å²) in [5.74, 6) is 0. The number of amides is 2. The molecule has 8 heteroatoms. The van der Waals surface area contributed by atoms with Crippen molar-refractivity contribution < 1.29 is 18.0 Å². The van der Waals surface area contributed by atoms with Crippen molar-refractivity contribution in [2.24, 2.45) is 0 Å². The standard InChI is InChI=1S/C18H19F3N4O/c19-18(20,21)15-1-3-16(4-2-15)24-9-11-25(12-10-24)17(26)23-13-14-5-7-22-8-6-14/h1-8H,9-13H2,(H,23,26). The zero-order valence-corrected chi connectivity index (χ0v) is 14.0. The molecule has 1 saturated heterocycles. The molecule has 1 aromatic heterocycles. The second kappa shape index (κ2) is 7.63. The Morgan fingerprint density at radius 1 is 1.00 bits per heavy atom. The molecule has 1 aliphatic heterocycles. The Hall–Kier alpha value is -2.77. The summed E-state index contributed by atoms with van der Waals surface area (Å²) in [4.78, 5) is 19.8. The van der Waals surface area contributed by atoms with Crippen molar-refractivity contribution in [3.8, 4) is 0 Å². The zero-order valence-electron chi connectivity index (χ0n) is 14.0. The maximum atomic E-state index is 12.6. The van der Waals surface area contributed by atoms with Gasteiger partial charge in [-0.1, -0.05) is 0 Å². The fourth-order valence-electron chi connectivity index (χ4n) is 2.82. The minimum Gasteiger partial charge on any atom is -0.368 e. The molecule has 1 aromatic carbocycles. The molecule has 1 N–H and O–H groups in total. The highest BCUT2D eigenvalue weighted by Gasteiger charge is 2.30. The van der Waals surface area contributed by atoms with Crippen molar-refractivity contribution in [2.45, 2.75) is 12.7 Å². The number of piperazine rings is 1. The molecule has 2 aromatic rings. The van der Waals surface area contributed by atoms with E-state index in [0.717, 1.165) is 23.4 Å². The van der Waals surface area contributed by atoms with E-state index in [-0.39, 0.29) is 6.03 Å². The summed E-state index contributed by atoms with van der Waals surface area (Å²) in [5, 5.41) is 2.86. The van der Waals surface area contributed by atoms with Crippen molar-refractivity contribution >= 4 is 11.7 Å². The molecule has 0 aliphatic carbocycles. The number of benzene rings is 1. The van der Waals surface area contributed by atoms with Gasteiger partial charge in [-0.3, -0.25) is 4.98 Å². The van der Waals surface area contributed by atoms with Gasteiger partial charge < -0.3 is 15.1 Å². The Bertz CT molecular complexity index is 726. The van der Waals surface area contributed by atoms with Crippen molar-refractivity contribution in [1.29, 1.82) is 0 Å². The molecule has 0 bridgehead atoms. The monoisotopic (exact) mass is 364 g/mol. The van der Waals surface area contributed by atoms with Crippen LogP contribution in [-0.4, -0.2) is 42.1 Å². The number of hydrogen-bond acceptors (Lipinski definition) is 3. The summed E-state index contributed by atoms with van der Waals surface area (Å²) in [5.41, 5.74) is 1.04. The number of rotatable bonds is 3. The number of pyridine rings is 1. The molecule has 138 valence electrons. The van der Waals surface area contributed by atoms with Crippen LogP contribution in [0, 0.1) is 0 Å². The smallest absolute Gasteiger partial charge is 0.368 e. The van der Waals surface area contributed by atoms with Gasteiger partial charge in [0.05, 0.1) is 5.56 Å². The molecule has 26 heavy (non-hydrogen) atoms. The molecule has 1 fully saturated rings. The molecule has 0 radical (unpaired) electrons. The molecule has 2 amide bonds. The Balaban J connectivity index is 1.50. The lowest BCUT2D eigenvalue weighted by molar-refractivity contribution is -0.137. The molecule has 0 saturated carbocycles. The van der Waals surface area contributed by atoms with Crippen LogP contribution in [0.2, 0.25) is 0 Å². The van der Waals surface area contributed by atoms with Crippen LogP contribution in [0.15, 0.2) is 48.8 Å². The summed E-state index contributed by atoms with van der Waals surface area (Å²) >= 11 is 0. The van der Waals surface area contributed by atoms with E-state index in [1.54, 1.807) is 17.3 Å². The van der Waals surface area contributed by atoms with E-state index in [4.69, 9.17) is 0 Å². The van der Waals surface area contributed by atoms with Crippen molar-refractivity contribution in [1.82, 2.24) is 15.2 Å². The first-order valence-corrected chi connectivity index (χ1v) is 8.27. The van der Waals surface area contributed by atoms with Gasteiger partial charge in [-0.25, -0.2) is 4.79 Å². The normalized spacial score (nSPS) is 15.0. The van der Waals surface area contributed by atoms with Crippen LogP contribution in [0.5, 0.6) is 0 Å². The molecule has 0 unspecified atom stereocenters. The fourth-order valence-corrected chi connectivity index (χ4v) is 2.82. The molecular formula is C18H19F3N4O. The van der Waals surface area contributed by atoms with Gasteiger partial charge in [-0.2, -0.15) is 13.2 Å². The predicted molar refractivity (Wildman–Crippen MR) is 91.7 cm³/mol. The first kappa shape index (κ1) is 18.0. The molecule has 0 atom stereocenters. The van der Waals surface area contributed by atoms with Gasteiger partial charge in [0, 0.05) is 50.8 Å². The highest BCUT2D eigenvalue weighted by molar-refractivity contribution is 5.74. The quantitative estimate of drug-likeness (QED) is 0.910. The molecule has 1 aliphatic rings. The summed E-state index contributed by atoms with van der Waals surface area (Å²) in [7, 11) is 0. The largest absolute Gasteiger partial charge is 0.416 e. The number of aromatic nitrogens is 1. The molecule has 5 nitrogen and oxygen atoms in total. The van der Waals surface area contributed by atoms with Crippen LogP contribution < -0.4 is 10.2 Å². The van der Waals surface area contributed by atoms with Crippen molar-refractivity contribution in [2.75, 3.05) is 31.1 Å². The topological polar surface area (TPSA) is 48.5 Å². The number of alkyl halides is 3. The van der Waals surface area contributed by atoms with E-state index in [1.807, 2.05) is 17.0 Å². The lowest BCUT2D eigenvalue weighted by Crippen LogP contribution is -2.51. The lowest BCUT2D eigenvalue weighted by atomic mass is 10.1. The highest BCUT2D eigenvalue weighted by Crippen LogP contribution is 2.30. The van der Waals surface area contributed by atoms with Gasteiger partial charge in [0.15, 0.2) is 0 Å². The van der Waals surface area contributed by atoms with Crippen LogP contribution in [0.4, 0.5) is 23.7 Å². The van der Waals surface area contributed by atoms with E-state index in [9.17, 15) is 18.0 Å². The zero-order chi connectivity index (χ0) is 18.6. The lowest BCUT2D eigenvalue weighted by Gasteiger charge is -2.36. The number of urea groups is 1.